The summed E-state index contributed by atoms with van der Waals surface area (Å²) in [6.07, 6.45) is 1.67. The maximum atomic E-state index is 12.6. The van der Waals surface area contributed by atoms with Crippen LogP contribution in [-0.2, 0) is 0 Å². The third kappa shape index (κ3) is 4.56. The van der Waals surface area contributed by atoms with Crippen LogP contribution in [0.3, 0.4) is 0 Å². The van der Waals surface area contributed by atoms with Gasteiger partial charge in [-0.2, -0.15) is 0 Å². The molecule has 1 N–H and O–H groups in total. The van der Waals surface area contributed by atoms with Crippen LogP contribution in [0.2, 0.25) is 0 Å². The minimum atomic E-state index is -0.325. The van der Waals surface area contributed by atoms with Gasteiger partial charge in [-0.1, -0.05) is 12.1 Å². The van der Waals surface area contributed by atoms with E-state index in [4.69, 9.17) is 9.15 Å². The number of aromatic nitrogens is 1. The van der Waals surface area contributed by atoms with E-state index in [1.165, 1.54) is 0 Å². The molecule has 0 unspecified atom stereocenters. The van der Waals surface area contributed by atoms with E-state index < -0.39 is 0 Å². The molecule has 5 heteroatoms. The normalized spacial score (nSPS) is 11.3. The summed E-state index contributed by atoms with van der Waals surface area (Å²) in [6.45, 7) is 8.41. The van der Waals surface area contributed by atoms with Crippen molar-refractivity contribution >= 4 is 5.91 Å². The Morgan fingerprint density at radius 1 is 1.11 bits per heavy atom. The topological polar surface area (TPSA) is 64.4 Å². The molecule has 0 aliphatic rings. The zero-order valence-electron chi connectivity index (χ0n) is 16.1. The van der Waals surface area contributed by atoms with E-state index in [1.54, 1.807) is 12.3 Å². The molecule has 3 aromatic rings. The lowest BCUT2D eigenvalue weighted by Gasteiger charge is -2.21. The molecule has 27 heavy (non-hydrogen) atoms. The SMILES string of the molecule is CCOc1ccc(-c2cnc(-c3ccccc3C(=O)NC(C)(C)C)o2)cc1. The number of rotatable bonds is 5. The van der Waals surface area contributed by atoms with Crippen molar-refractivity contribution in [3.05, 3.63) is 60.3 Å². The Labute approximate surface area is 159 Å². The number of hydrogen-bond acceptors (Lipinski definition) is 4. The molecule has 0 bridgehead atoms. The second kappa shape index (κ2) is 7.66. The summed E-state index contributed by atoms with van der Waals surface area (Å²) in [5.74, 6) is 1.71. The van der Waals surface area contributed by atoms with Crippen molar-refractivity contribution in [2.75, 3.05) is 6.61 Å². The Balaban J connectivity index is 1.89. The summed E-state index contributed by atoms with van der Waals surface area (Å²) >= 11 is 0. The number of hydrogen-bond donors (Lipinski definition) is 1. The average molecular weight is 364 g/mol. The second-order valence-corrected chi connectivity index (χ2v) is 7.24. The Morgan fingerprint density at radius 3 is 2.48 bits per heavy atom. The van der Waals surface area contributed by atoms with Gasteiger partial charge < -0.3 is 14.5 Å². The van der Waals surface area contributed by atoms with E-state index in [0.29, 0.717) is 29.4 Å². The first-order chi connectivity index (χ1) is 12.9. The van der Waals surface area contributed by atoms with Crippen LogP contribution in [-0.4, -0.2) is 23.0 Å². The minimum absolute atomic E-state index is 0.154. The highest BCUT2D eigenvalue weighted by Crippen LogP contribution is 2.29. The Hall–Kier alpha value is -3.08. The first kappa shape index (κ1) is 18.7. The van der Waals surface area contributed by atoms with Crippen LogP contribution < -0.4 is 10.1 Å². The molecule has 0 saturated carbocycles. The number of oxazole rings is 1. The number of nitrogens with one attached hydrogen (secondary N) is 1. The van der Waals surface area contributed by atoms with Gasteiger partial charge in [-0.05, 0) is 64.1 Å². The Kier molecular flexibility index (Phi) is 5.31. The van der Waals surface area contributed by atoms with Crippen molar-refractivity contribution < 1.29 is 13.9 Å². The molecule has 0 spiro atoms. The van der Waals surface area contributed by atoms with E-state index in [2.05, 4.69) is 10.3 Å². The van der Waals surface area contributed by atoms with Gasteiger partial charge in [-0.25, -0.2) is 4.98 Å². The second-order valence-electron chi connectivity index (χ2n) is 7.24. The predicted octanol–water partition coefficient (Wildman–Crippen LogP) is 4.94. The smallest absolute Gasteiger partial charge is 0.252 e. The van der Waals surface area contributed by atoms with E-state index in [9.17, 15) is 4.79 Å². The molecule has 1 heterocycles. The third-order valence-electron chi connectivity index (χ3n) is 3.85. The van der Waals surface area contributed by atoms with Crippen molar-refractivity contribution in [1.82, 2.24) is 10.3 Å². The number of ether oxygens (including phenoxy) is 1. The molecule has 1 amide bonds. The van der Waals surface area contributed by atoms with Crippen LogP contribution in [0.5, 0.6) is 5.75 Å². The lowest BCUT2D eigenvalue weighted by atomic mass is 10.0. The maximum absolute atomic E-state index is 12.6. The van der Waals surface area contributed by atoms with Crippen LogP contribution in [0.1, 0.15) is 38.1 Å². The molecule has 0 atom stereocenters. The largest absolute Gasteiger partial charge is 0.494 e. The molecule has 0 aliphatic carbocycles. The highest BCUT2D eigenvalue weighted by atomic mass is 16.5. The molecule has 0 aliphatic heterocycles. The molecule has 0 radical (unpaired) electrons. The van der Waals surface area contributed by atoms with Crippen LogP contribution >= 0.6 is 0 Å². The van der Waals surface area contributed by atoms with Crippen molar-refractivity contribution in [2.24, 2.45) is 0 Å². The standard InChI is InChI=1S/C22H24N2O3/c1-5-26-16-12-10-15(11-13-16)19-14-23-21(27-19)18-9-7-6-8-17(18)20(25)24-22(2,3)4/h6-14H,5H2,1-4H3,(H,24,25). The summed E-state index contributed by atoms with van der Waals surface area (Å²) in [6, 6.07) is 14.9. The van der Waals surface area contributed by atoms with Gasteiger partial charge in [0.15, 0.2) is 5.76 Å². The molecule has 2 aromatic carbocycles. The van der Waals surface area contributed by atoms with Crippen LogP contribution in [0.4, 0.5) is 0 Å². The zero-order chi connectivity index (χ0) is 19.4. The van der Waals surface area contributed by atoms with E-state index in [0.717, 1.165) is 11.3 Å². The fourth-order valence-corrected chi connectivity index (χ4v) is 2.69. The van der Waals surface area contributed by atoms with Crippen molar-refractivity contribution in [1.29, 1.82) is 0 Å². The monoisotopic (exact) mass is 364 g/mol. The van der Waals surface area contributed by atoms with Gasteiger partial charge in [-0.15, -0.1) is 0 Å². The summed E-state index contributed by atoms with van der Waals surface area (Å²) < 4.78 is 11.4. The predicted molar refractivity (Wildman–Crippen MR) is 106 cm³/mol. The van der Waals surface area contributed by atoms with Crippen LogP contribution in [0.25, 0.3) is 22.8 Å². The van der Waals surface area contributed by atoms with E-state index in [1.807, 2.05) is 70.2 Å². The summed E-state index contributed by atoms with van der Waals surface area (Å²) in [5.41, 5.74) is 1.77. The summed E-state index contributed by atoms with van der Waals surface area (Å²) in [4.78, 5) is 17.0. The number of nitrogens with zero attached hydrogens (tertiary/aromatic N) is 1. The zero-order valence-corrected chi connectivity index (χ0v) is 16.1. The fraction of sp³-hybridized carbons (Fsp3) is 0.273. The summed E-state index contributed by atoms with van der Waals surface area (Å²) in [5, 5.41) is 2.98. The quantitative estimate of drug-likeness (QED) is 0.697. The molecular weight excluding hydrogens is 340 g/mol. The average Bonchev–Trinajstić information content (AvgIpc) is 3.11. The third-order valence-corrected chi connectivity index (χ3v) is 3.85. The Bertz CT molecular complexity index is 921. The first-order valence-corrected chi connectivity index (χ1v) is 8.98. The lowest BCUT2D eigenvalue weighted by Crippen LogP contribution is -2.40. The maximum Gasteiger partial charge on any atom is 0.252 e. The number of carbonyl (C=O) groups is 1. The van der Waals surface area contributed by atoms with Gasteiger partial charge in [0.25, 0.3) is 5.91 Å². The van der Waals surface area contributed by atoms with Crippen molar-refractivity contribution in [3.8, 4) is 28.5 Å². The van der Waals surface area contributed by atoms with Gasteiger partial charge in [0, 0.05) is 16.7 Å². The molecule has 140 valence electrons. The van der Waals surface area contributed by atoms with Crippen LogP contribution in [0, 0.1) is 0 Å². The number of benzene rings is 2. The van der Waals surface area contributed by atoms with Gasteiger partial charge in [-0.3, -0.25) is 4.79 Å². The van der Waals surface area contributed by atoms with Gasteiger partial charge >= 0.3 is 0 Å². The molecule has 0 saturated heterocycles. The van der Waals surface area contributed by atoms with E-state index in [-0.39, 0.29) is 11.4 Å². The molecule has 5 nitrogen and oxygen atoms in total. The molecule has 0 fully saturated rings. The van der Waals surface area contributed by atoms with Crippen LogP contribution in [0.15, 0.2) is 59.1 Å². The molecule has 3 rings (SSSR count). The number of amides is 1. The summed E-state index contributed by atoms with van der Waals surface area (Å²) in [7, 11) is 0. The molecule has 1 aromatic heterocycles. The van der Waals surface area contributed by atoms with Gasteiger partial charge in [0.1, 0.15) is 5.75 Å². The van der Waals surface area contributed by atoms with E-state index >= 15 is 0 Å². The fourth-order valence-electron chi connectivity index (χ4n) is 2.69. The minimum Gasteiger partial charge on any atom is -0.494 e. The van der Waals surface area contributed by atoms with Gasteiger partial charge in [0.05, 0.1) is 18.4 Å². The van der Waals surface area contributed by atoms with Crippen molar-refractivity contribution in [3.63, 3.8) is 0 Å². The number of carbonyl (C=O) groups excluding carboxylic acids is 1. The van der Waals surface area contributed by atoms with Crippen molar-refractivity contribution in [2.45, 2.75) is 33.2 Å². The lowest BCUT2D eigenvalue weighted by molar-refractivity contribution is 0.0920. The van der Waals surface area contributed by atoms with Gasteiger partial charge in [0.2, 0.25) is 5.89 Å². The Morgan fingerprint density at radius 2 is 1.81 bits per heavy atom. The highest BCUT2D eigenvalue weighted by molar-refractivity contribution is 6.00. The first-order valence-electron chi connectivity index (χ1n) is 8.98. The highest BCUT2D eigenvalue weighted by Gasteiger charge is 2.20. The molecular formula is C22H24N2O3.